The van der Waals surface area contributed by atoms with Crippen LogP contribution in [0.5, 0.6) is 5.75 Å². The van der Waals surface area contributed by atoms with E-state index in [1.165, 1.54) is 12.1 Å². The highest BCUT2D eigenvalue weighted by Gasteiger charge is 2.32. The molecule has 1 N–H and O–H groups in total. The maximum atomic E-state index is 13.2. The molecule has 8 heteroatoms. The van der Waals surface area contributed by atoms with Crippen molar-refractivity contribution in [3.05, 3.63) is 60.2 Å². The summed E-state index contributed by atoms with van der Waals surface area (Å²) >= 11 is 0. The molecule has 5 rings (SSSR count). The van der Waals surface area contributed by atoms with Crippen molar-refractivity contribution in [1.29, 1.82) is 0 Å². The van der Waals surface area contributed by atoms with E-state index in [9.17, 15) is 9.18 Å². The van der Waals surface area contributed by atoms with Gasteiger partial charge in [-0.1, -0.05) is 11.2 Å². The van der Waals surface area contributed by atoms with Crippen LogP contribution in [-0.2, 0) is 0 Å². The Morgan fingerprint density at radius 3 is 2.69 bits per heavy atom. The lowest BCUT2D eigenvalue weighted by molar-refractivity contribution is 0.0493. The van der Waals surface area contributed by atoms with Gasteiger partial charge in [-0.05, 0) is 55.3 Å². The predicted molar refractivity (Wildman–Crippen MR) is 103 cm³/mol. The largest absolute Gasteiger partial charge is 0.487 e. The minimum absolute atomic E-state index is 0.0780. The minimum atomic E-state index is -0.388. The summed E-state index contributed by atoms with van der Waals surface area (Å²) in [7, 11) is 0. The van der Waals surface area contributed by atoms with Crippen molar-refractivity contribution in [2.24, 2.45) is 0 Å². The third-order valence-electron chi connectivity index (χ3n) is 4.99. The number of hydrogen-bond acceptors (Lipinski definition) is 5. The molecule has 29 heavy (non-hydrogen) atoms. The zero-order valence-electron chi connectivity index (χ0n) is 15.5. The van der Waals surface area contributed by atoms with Crippen LogP contribution in [0, 0.1) is 5.82 Å². The van der Waals surface area contributed by atoms with Crippen molar-refractivity contribution in [2.75, 3.05) is 18.4 Å². The van der Waals surface area contributed by atoms with Crippen LogP contribution in [0.2, 0.25) is 0 Å². The molecule has 2 aliphatic rings. The first-order valence-electron chi connectivity index (χ1n) is 9.56. The molecule has 7 nitrogen and oxygen atoms in total. The summed E-state index contributed by atoms with van der Waals surface area (Å²) in [5.41, 5.74) is 1.30. The van der Waals surface area contributed by atoms with E-state index in [1.807, 2.05) is 24.3 Å². The number of carbonyl (C=O) groups is 1. The normalized spacial score (nSPS) is 16.4. The van der Waals surface area contributed by atoms with Crippen LogP contribution in [0.15, 0.2) is 53.1 Å². The first kappa shape index (κ1) is 17.7. The molecule has 2 heterocycles. The number of urea groups is 1. The van der Waals surface area contributed by atoms with Crippen molar-refractivity contribution < 1.29 is 18.4 Å². The van der Waals surface area contributed by atoms with Crippen molar-refractivity contribution in [1.82, 2.24) is 15.0 Å². The number of halogens is 1. The number of amides is 2. The molecule has 148 valence electrons. The summed E-state index contributed by atoms with van der Waals surface area (Å²) in [5.74, 6) is 2.06. The number of carbonyl (C=O) groups excluding carboxylic acids is 1. The average molecular weight is 394 g/mol. The second-order valence-corrected chi connectivity index (χ2v) is 7.34. The predicted octanol–water partition coefficient (Wildman–Crippen LogP) is 4.05. The average Bonchev–Trinajstić information content (AvgIpc) is 3.42. The number of aromatic nitrogens is 2. The van der Waals surface area contributed by atoms with E-state index in [2.05, 4.69) is 15.5 Å². The summed E-state index contributed by atoms with van der Waals surface area (Å²) < 4.78 is 24.4. The SMILES string of the molecule is O=C(Nc1cccc(F)c1)N1CC(Oc2ccc(-c3noc(C4CC4)n3)cc2)C1. The molecular weight excluding hydrogens is 375 g/mol. The zero-order chi connectivity index (χ0) is 19.8. The van der Waals surface area contributed by atoms with Crippen LogP contribution < -0.4 is 10.1 Å². The number of hydrogen-bond donors (Lipinski definition) is 1. The lowest BCUT2D eigenvalue weighted by Gasteiger charge is -2.38. The third-order valence-corrected chi connectivity index (χ3v) is 4.99. The van der Waals surface area contributed by atoms with E-state index >= 15 is 0 Å². The van der Waals surface area contributed by atoms with E-state index in [0.29, 0.717) is 36.4 Å². The Balaban J connectivity index is 1.12. The Morgan fingerprint density at radius 1 is 1.17 bits per heavy atom. The number of nitrogens with one attached hydrogen (secondary N) is 1. The zero-order valence-corrected chi connectivity index (χ0v) is 15.5. The van der Waals surface area contributed by atoms with Gasteiger partial charge in [-0.25, -0.2) is 9.18 Å². The highest BCUT2D eigenvalue weighted by atomic mass is 19.1. The Bertz CT molecular complexity index is 1030. The summed E-state index contributed by atoms with van der Waals surface area (Å²) in [6.45, 7) is 0.941. The number of likely N-dealkylation sites (tertiary alicyclic amines) is 1. The summed E-state index contributed by atoms with van der Waals surface area (Å²) in [6.07, 6.45) is 2.16. The summed E-state index contributed by atoms with van der Waals surface area (Å²) in [5, 5.41) is 6.71. The van der Waals surface area contributed by atoms with Gasteiger partial charge in [0, 0.05) is 17.2 Å². The van der Waals surface area contributed by atoms with Gasteiger partial charge >= 0.3 is 6.03 Å². The van der Waals surface area contributed by atoms with Crippen LogP contribution in [0.25, 0.3) is 11.4 Å². The molecule has 2 aromatic carbocycles. The highest BCUT2D eigenvalue weighted by molar-refractivity contribution is 5.89. The molecule has 1 aliphatic heterocycles. The molecule has 0 unspecified atom stereocenters. The number of ether oxygens (including phenoxy) is 1. The topological polar surface area (TPSA) is 80.5 Å². The Morgan fingerprint density at radius 2 is 1.97 bits per heavy atom. The standard InChI is InChI=1S/C21H19FN4O3/c22-15-2-1-3-16(10-15)23-21(27)26-11-18(12-26)28-17-8-6-13(7-9-17)19-24-20(29-25-19)14-4-5-14/h1-3,6-10,14,18H,4-5,11-12H2,(H,23,27). The molecule has 0 bridgehead atoms. The van der Waals surface area contributed by atoms with Crippen molar-refractivity contribution in [3.8, 4) is 17.1 Å². The summed E-state index contributed by atoms with van der Waals surface area (Å²) in [4.78, 5) is 18.2. The monoisotopic (exact) mass is 394 g/mol. The van der Waals surface area contributed by atoms with Gasteiger partial charge in [0.05, 0.1) is 13.1 Å². The van der Waals surface area contributed by atoms with Crippen LogP contribution >= 0.6 is 0 Å². The van der Waals surface area contributed by atoms with Gasteiger partial charge in [0.1, 0.15) is 17.7 Å². The smallest absolute Gasteiger partial charge is 0.322 e. The van der Waals surface area contributed by atoms with Gasteiger partial charge in [-0.2, -0.15) is 4.98 Å². The molecule has 1 aromatic heterocycles. The van der Waals surface area contributed by atoms with Crippen molar-refractivity contribution in [3.63, 3.8) is 0 Å². The van der Waals surface area contributed by atoms with E-state index < -0.39 is 0 Å². The first-order valence-corrected chi connectivity index (χ1v) is 9.56. The van der Waals surface area contributed by atoms with Crippen molar-refractivity contribution in [2.45, 2.75) is 24.9 Å². The molecule has 2 amide bonds. The molecule has 3 aromatic rings. The van der Waals surface area contributed by atoms with Gasteiger partial charge < -0.3 is 19.5 Å². The molecule has 0 atom stereocenters. The molecule has 2 fully saturated rings. The van der Waals surface area contributed by atoms with Gasteiger partial charge in [0.25, 0.3) is 0 Å². The van der Waals surface area contributed by atoms with Gasteiger partial charge in [-0.3, -0.25) is 0 Å². The fourth-order valence-corrected chi connectivity index (χ4v) is 3.17. The van der Waals surface area contributed by atoms with E-state index in [-0.39, 0.29) is 18.0 Å². The molecule has 0 spiro atoms. The minimum Gasteiger partial charge on any atom is -0.487 e. The molecular formula is C21H19FN4O3. The van der Waals surface area contributed by atoms with Crippen molar-refractivity contribution >= 4 is 11.7 Å². The van der Waals surface area contributed by atoms with Gasteiger partial charge in [-0.15, -0.1) is 0 Å². The molecule has 1 aliphatic carbocycles. The lowest BCUT2D eigenvalue weighted by Crippen LogP contribution is -2.57. The Labute approximate surface area is 166 Å². The highest BCUT2D eigenvalue weighted by Crippen LogP contribution is 2.39. The van der Waals surface area contributed by atoms with E-state index in [4.69, 9.17) is 9.26 Å². The van der Waals surface area contributed by atoms with Gasteiger partial charge in [0.2, 0.25) is 11.7 Å². The second kappa shape index (κ2) is 7.20. The number of nitrogens with zero attached hydrogens (tertiary/aromatic N) is 3. The Hall–Kier alpha value is -3.42. The fourth-order valence-electron chi connectivity index (χ4n) is 3.17. The number of anilines is 1. The maximum absolute atomic E-state index is 13.2. The van der Waals surface area contributed by atoms with E-state index in [1.54, 1.807) is 17.0 Å². The number of rotatable bonds is 5. The van der Waals surface area contributed by atoms with Crippen LogP contribution in [0.3, 0.4) is 0 Å². The van der Waals surface area contributed by atoms with Crippen LogP contribution in [-0.4, -0.2) is 40.3 Å². The third kappa shape index (κ3) is 3.91. The maximum Gasteiger partial charge on any atom is 0.322 e. The summed E-state index contributed by atoms with van der Waals surface area (Å²) in [6, 6.07) is 13.0. The first-order chi connectivity index (χ1) is 14.1. The van der Waals surface area contributed by atoms with Crippen LogP contribution in [0.1, 0.15) is 24.7 Å². The van der Waals surface area contributed by atoms with Crippen LogP contribution in [0.4, 0.5) is 14.9 Å². The Kier molecular flexibility index (Phi) is 4.38. The second-order valence-electron chi connectivity index (χ2n) is 7.34. The molecule has 1 saturated carbocycles. The van der Waals surface area contributed by atoms with Gasteiger partial charge in [0.15, 0.2) is 0 Å². The quantitative estimate of drug-likeness (QED) is 0.706. The number of benzene rings is 2. The molecule has 0 radical (unpaired) electrons. The lowest BCUT2D eigenvalue weighted by atomic mass is 10.1. The van der Waals surface area contributed by atoms with E-state index in [0.717, 1.165) is 24.2 Å². The molecule has 1 saturated heterocycles. The fraction of sp³-hybridized carbons (Fsp3) is 0.286.